The number of methoxy groups -OCH3 is 3. The maximum atomic E-state index is 12.4. The van der Waals surface area contributed by atoms with E-state index in [2.05, 4.69) is 5.32 Å². The van der Waals surface area contributed by atoms with Crippen LogP contribution in [-0.2, 0) is 9.53 Å². The lowest BCUT2D eigenvalue weighted by atomic mass is 10.0. The molecule has 1 aliphatic heterocycles. The van der Waals surface area contributed by atoms with Gasteiger partial charge in [-0.2, -0.15) is 0 Å². The van der Waals surface area contributed by atoms with Crippen molar-refractivity contribution in [2.75, 3.05) is 41.0 Å². The molecule has 0 unspecified atom stereocenters. The molecule has 1 aliphatic rings. The monoisotopic (exact) mass is 336 g/mol. The summed E-state index contributed by atoms with van der Waals surface area (Å²) in [5.41, 5.74) is 0.490. The third-order valence-corrected chi connectivity index (χ3v) is 4.06. The molecular formula is C17H24N2O5. The molecule has 7 heteroatoms. The van der Waals surface area contributed by atoms with Gasteiger partial charge in [0.25, 0.3) is 5.91 Å². The predicted molar refractivity (Wildman–Crippen MR) is 88.5 cm³/mol. The Labute approximate surface area is 141 Å². The highest BCUT2D eigenvalue weighted by atomic mass is 16.5. The van der Waals surface area contributed by atoms with Gasteiger partial charge in [-0.15, -0.1) is 0 Å². The van der Waals surface area contributed by atoms with Crippen LogP contribution >= 0.6 is 0 Å². The molecule has 2 amide bonds. The lowest BCUT2D eigenvalue weighted by molar-refractivity contribution is -0.136. The van der Waals surface area contributed by atoms with Gasteiger partial charge in [0.05, 0.1) is 14.2 Å². The van der Waals surface area contributed by atoms with Crippen LogP contribution in [0.4, 0.5) is 0 Å². The maximum absolute atomic E-state index is 12.4. The molecule has 1 aromatic carbocycles. The van der Waals surface area contributed by atoms with Crippen molar-refractivity contribution in [3.8, 4) is 11.5 Å². The maximum Gasteiger partial charge on any atom is 0.251 e. The second-order valence-electron chi connectivity index (χ2n) is 5.66. The molecule has 0 radical (unpaired) electrons. The van der Waals surface area contributed by atoms with Crippen molar-refractivity contribution in [1.29, 1.82) is 0 Å². The second kappa shape index (κ2) is 8.54. The number of nitrogens with one attached hydrogen (secondary N) is 1. The van der Waals surface area contributed by atoms with Gasteiger partial charge in [-0.3, -0.25) is 9.59 Å². The normalized spacial score (nSPS) is 15.0. The first-order valence-corrected chi connectivity index (χ1v) is 7.88. The third-order valence-electron chi connectivity index (χ3n) is 4.06. The van der Waals surface area contributed by atoms with E-state index in [9.17, 15) is 9.59 Å². The standard InChI is InChI=1S/C17H24N2O5/c1-22-11-16(20)19-6-4-13(5-7-19)18-17(21)12-8-14(23-2)10-15(9-12)24-3/h8-10,13H,4-7,11H2,1-3H3,(H,18,21). The van der Waals surface area contributed by atoms with Crippen LogP contribution in [0.3, 0.4) is 0 Å². The van der Waals surface area contributed by atoms with Gasteiger partial charge in [0.2, 0.25) is 5.91 Å². The van der Waals surface area contributed by atoms with E-state index < -0.39 is 0 Å². The predicted octanol–water partition coefficient (Wildman–Crippen LogP) is 1.07. The zero-order valence-electron chi connectivity index (χ0n) is 14.3. The summed E-state index contributed by atoms with van der Waals surface area (Å²) in [5.74, 6) is 0.952. The Kier molecular flexibility index (Phi) is 6.43. The van der Waals surface area contributed by atoms with Gasteiger partial charge in [0, 0.05) is 37.9 Å². The van der Waals surface area contributed by atoms with E-state index in [1.165, 1.54) is 7.11 Å². The number of rotatable bonds is 6. The van der Waals surface area contributed by atoms with E-state index in [0.29, 0.717) is 30.2 Å². The molecule has 1 aromatic rings. The highest BCUT2D eigenvalue weighted by molar-refractivity contribution is 5.95. The van der Waals surface area contributed by atoms with Crippen LogP contribution < -0.4 is 14.8 Å². The topological polar surface area (TPSA) is 77.1 Å². The third kappa shape index (κ3) is 4.61. The number of amides is 2. The Balaban J connectivity index is 1.93. The fourth-order valence-electron chi connectivity index (χ4n) is 2.70. The van der Waals surface area contributed by atoms with Crippen LogP contribution in [0, 0.1) is 0 Å². The first-order valence-electron chi connectivity index (χ1n) is 7.88. The van der Waals surface area contributed by atoms with E-state index in [-0.39, 0.29) is 24.5 Å². The summed E-state index contributed by atoms with van der Waals surface area (Å²) in [6.45, 7) is 1.34. The van der Waals surface area contributed by atoms with Crippen molar-refractivity contribution >= 4 is 11.8 Å². The van der Waals surface area contributed by atoms with Crippen molar-refractivity contribution in [2.45, 2.75) is 18.9 Å². The Morgan fingerprint density at radius 1 is 1.08 bits per heavy atom. The molecule has 132 valence electrons. The summed E-state index contributed by atoms with van der Waals surface area (Å²) >= 11 is 0. The van der Waals surface area contributed by atoms with Gasteiger partial charge in [-0.05, 0) is 25.0 Å². The van der Waals surface area contributed by atoms with Crippen LogP contribution in [0.1, 0.15) is 23.2 Å². The Morgan fingerprint density at radius 2 is 1.67 bits per heavy atom. The fraction of sp³-hybridized carbons (Fsp3) is 0.529. The average molecular weight is 336 g/mol. The highest BCUT2D eigenvalue weighted by Crippen LogP contribution is 2.23. The molecule has 1 saturated heterocycles. The number of nitrogens with zero attached hydrogens (tertiary/aromatic N) is 1. The molecule has 2 rings (SSSR count). The summed E-state index contributed by atoms with van der Waals surface area (Å²) in [5, 5.41) is 3.01. The van der Waals surface area contributed by atoms with Gasteiger partial charge in [0.15, 0.2) is 0 Å². The molecule has 0 aromatic heterocycles. The molecule has 7 nitrogen and oxygen atoms in total. The Bertz CT molecular complexity index is 560. The SMILES string of the molecule is COCC(=O)N1CCC(NC(=O)c2cc(OC)cc(OC)c2)CC1. The molecule has 0 aliphatic carbocycles. The molecule has 24 heavy (non-hydrogen) atoms. The van der Waals surface area contributed by atoms with E-state index in [1.807, 2.05) is 0 Å². The summed E-state index contributed by atoms with van der Waals surface area (Å²) in [7, 11) is 4.60. The lowest BCUT2D eigenvalue weighted by Gasteiger charge is -2.32. The summed E-state index contributed by atoms with van der Waals surface area (Å²) < 4.78 is 15.2. The van der Waals surface area contributed by atoms with Gasteiger partial charge in [0.1, 0.15) is 18.1 Å². The number of benzene rings is 1. The van der Waals surface area contributed by atoms with Gasteiger partial charge in [-0.1, -0.05) is 0 Å². The van der Waals surface area contributed by atoms with E-state index in [0.717, 1.165) is 12.8 Å². The molecule has 1 N–H and O–H groups in total. The highest BCUT2D eigenvalue weighted by Gasteiger charge is 2.24. The number of carbonyl (C=O) groups is 2. The molecule has 1 fully saturated rings. The Morgan fingerprint density at radius 3 is 2.17 bits per heavy atom. The van der Waals surface area contributed by atoms with Crippen LogP contribution in [0.5, 0.6) is 11.5 Å². The molecule has 0 bridgehead atoms. The average Bonchev–Trinajstić information content (AvgIpc) is 2.61. The molecule has 0 saturated carbocycles. The van der Waals surface area contributed by atoms with Crippen LogP contribution in [0.25, 0.3) is 0 Å². The zero-order chi connectivity index (χ0) is 17.5. The molecule has 0 spiro atoms. The van der Waals surface area contributed by atoms with Crippen molar-refractivity contribution in [1.82, 2.24) is 10.2 Å². The van der Waals surface area contributed by atoms with E-state index >= 15 is 0 Å². The molecule has 1 heterocycles. The fourth-order valence-corrected chi connectivity index (χ4v) is 2.70. The quantitative estimate of drug-likeness (QED) is 0.841. The van der Waals surface area contributed by atoms with Crippen molar-refractivity contribution in [3.05, 3.63) is 23.8 Å². The largest absolute Gasteiger partial charge is 0.497 e. The number of hydrogen-bond donors (Lipinski definition) is 1. The van der Waals surface area contributed by atoms with Crippen LogP contribution in [0.15, 0.2) is 18.2 Å². The number of likely N-dealkylation sites (tertiary alicyclic amines) is 1. The first kappa shape index (κ1) is 18.1. The second-order valence-corrected chi connectivity index (χ2v) is 5.66. The van der Waals surface area contributed by atoms with Gasteiger partial charge < -0.3 is 24.4 Å². The van der Waals surface area contributed by atoms with Crippen LogP contribution in [0.2, 0.25) is 0 Å². The van der Waals surface area contributed by atoms with E-state index in [4.69, 9.17) is 14.2 Å². The van der Waals surface area contributed by atoms with Crippen molar-refractivity contribution in [3.63, 3.8) is 0 Å². The molecule has 0 atom stereocenters. The number of hydrogen-bond acceptors (Lipinski definition) is 5. The summed E-state index contributed by atoms with van der Waals surface area (Å²) in [6.07, 6.45) is 1.45. The lowest BCUT2D eigenvalue weighted by Crippen LogP contribution is -2.47. The first-order chi connectivity index (χ1) is 11.6. The minimum atomic E-state index is -0.172. The smallest absolute Gasteiger partial charge is 0.251 e. The van der Waals surface area contributed by atoms with Crippen molar-refractivity contribution < 1.29 is 23.8 Å². The number of carbonyl (C=O) groups excluding carboxylic acids is 2. The van der Waals surface area contributed by atoms with Gasteiger partial charge in [-0.25, -0.2) is 0 Å². The summed E-state index contributed by atoms with van der Waals surface area (Å²) in [4.78, 5) is 26.0. The zero-order valence-corrected chi connectivity index (χ0v) is 14.3. The summed E-state index contributed by atoms with van der Waals surface area (Å²) in [6, 6.07) is 5.11. The van der Waals surface area contributed by atoms with Crippen LogP contribution in [-0.4, -0.2) is 63.8 Å². The van der Waals surface area contributed by atoms with Crippen molar-refractivity contribution in [2.24, 2.45) is 0 Å². The minimum Gasteiger partial charge on any atom is -0.497 e. The number of piperidine rings is 1. The Hall–Kier alpha value is -2.28. The molecular weight excluding hydrogens is 312 g/mol. The van der Waals surface area contributed by atoms with Gasteiger partial charge >= 0.3 is 0 Å². The van der Waals surface area contributed by atoms with E-state index in [1.54, 1.807) is 37.3 Å². The minimum absolute atomic E-state index is 0.0141. The number of ether oxygens (including phenoxy) is 3.